The van der Waals surface area contributed by atoms with Crippen LogP contribution in [0.2, 0.25) is 0 Å². The molecule has 1 aromatic rings. The van der Waals surface area contributed by atoms with Gasteiger partial charge in [-0.05, 0) is 30.5 Å². The molecule has 0 saturated carbocycles. The van der Waals surface area contributed by atoms with Crippen molar-refractivity contribution in [1.29, 1.82) is 0 Å². The Morgan fingerprint density at radius 3 is 2.31 bits per heavy atom. The van der Waals surface area contributed by atoms with Crippen molar-refractivity contribution in [2.75, 3.05) is 39.6 Å². The molecule has 1 aromatic carbocycles. The molecule has 0 bridgehead atoms. The highest BCUT2D eigenvalue weighted by molar-refractivity contribution is 5.79. The van der Waals surface area contributed by atoms with E-state index in [1.807, 2.05) is 0 Å². The average molecular weight is 369 g/mol. The van der Waals surface area contributed by atoms with E-state index in [4.69, 9.17) is 30.2 Å². The van der Waals surface area contributed by atoms with Crippen molar-refractivity contribution in [1.82, 2.24) is 0 Å². The van der Waals surface area contributed by atoms with Gasteiger partial charge in [0.2, 0.25) is 0 Å². The van der Waals surface area contributed by atoms with Gasteiger partial charge in [-0.2, -0.15) is 0 Å². The molecule has 0 heterocycles. The number of carboxylic acids is 1. The van der Waals surface area contributed by atoms with Gasteiger partial charge in [0, 0.05) is 13.0 Å². The second-order valence-corrected chi connectivity index (χ2v) is 5.67. The number of ether oxygens (including phenoxy) is 3. The Hall–Kier alpha value is -2.00. The van der Waals surface area contributed by atoms with E-state index in [1.165, 1.54) is 0 Å². The van der Waals surface area contributed by atoms with Gasteiger partial charge < -0.3 is 30.2 Å². The van der Waals surface area contributed by atoms with Gasteiger partial charge in [-0.25, -0.2) is 0 Å². The summed E-state index contributed by atoms with van der Waals surface area (Å²) in [5, 5.41) is 17.3. The van der Waals surface area contributed by atoms with E-state index in [1.54, 1.807) is 24.3 Å². The molecule has 146 valence electrons. The zero-order chi connectivity index (χ0) is 19.2. The first-order valence-electron chi connectivity index (χ1n) is 8.51. The first kappa shape index (κ1) is 22.0. The van der Waals surface area contributed by atoms with Crippen LogP contribution < -0.4 is 10.5 Å². The van der Waals surface area contributed by atoms with Gasteiger partial charge in [-0.3, -0.25) is 9.59 Å². The smallest absolute Gasteiger partial charge is 0.320 e. The number of carboxylic acid groups (broad SMARTS) is 1. The molecule has 0 aliphatic rings. The number of aliphatic carboxylic acids is 1. The molecule has 0 aliphatic carbocycles. The molecule has 0 radical (unpaired) electrons. The molecule has 0 spiro atoms. The number of carbonyl (C=O) groups is 2. The minimum Gasteiger partial charge on any atom is -0.486 e. The lowest BCUT2D eigenvalue weighted by atomic mass is 10.1. The third kappa shape index (κ3) is 10.1. The fraction of sp³-hybridized carbons (Fsp3) is 0.556. The van der Waals surface area contributed by atoms with Crippen molar-refractivity contribution in [2.45, 2.75) is 25.3 Å². The Morgan fingerprint density at radius 1 is 1.04 bits per heavy atom. The van der Waals surface area contributed by atoms with Crippen LogP contribution in [-0.4, -0.2) is 67.6 Å². The van der Waals surface area contributed by atoms with Gasteiger partial charge in [0.15, 0.2) is 5.78 Å². The zero-order valence-corrected chi connectivity index (χ0v) is 14.8. The largest absolute Gasteiger partial charge is 0.486 e. The van der Waals surface area contributed by atoms with Crippen molar-refractivity contribution >= 4 is 11.8 Å². The van der Waals surface area contributed by atoms with Crippen molar-refractivity contribution in [2.24, 2.45) is 5.73 Å². The van der Waals surface area contributed by atoms with Crippen molar-refractivity contribution in [3.8, 4) is 5.75 Å². The summed E-state index contributed by atoms with van der Waals surface area (Å²) in [6.45, 7) is 1.59. The van der Waals surface area contributed by atoms with E-state index in [2.05, 4.69) is 0 Å². The maximum Gasteiger partial charge on any atom is 0.320 e. The molecule has 0 amide bonds. The molecule has 0 aliphatic heterocycles. The summed E-state index contributed by atoms with van der Waals surface area (Å²) >= 11 is 0. The van der Waals surface area contributed by atoms with Crippen LogP contribution in [0.25, 0.3) is 0 Å². The number of Topliss-reactive ketones (excluding diaryl/α,β-unsaturated/α-hetero) is 1. The molecular weight excluding hydrogens is 342 g/mol. The highest BCUT2D eigenvalue weighted by Gasteiger charge is 2.12. The lowest BCUT2D eigenvalue weighted by Crippen LogP contribution is -2.32. The van der Waals surface area contributed by atoms with E-state index in [9.17, 15) is 9.59 Å². The fourth-order valence-corrected chi connectivity index (χ4v) is 2.06. The number of rotatable bonds is 15. The number of carbonyl (C=O) groups excluding carboxylic acids is 1. The van der Waals surface area contributed by atoms with E-state index < -0.39 is 12.0 Å². The number of aliphatic hydroxyl groups excluding tert-OH is 1. The summed E-state index contributed by atoms with van der Waals surface area (Å²) in [5.74, 6) is -0.525. The van der Waals surface area contributed by atoms with Gasteiger partial charge in [0.1, 0.15) is 18.4 Å². The third-order valence-electron chi connectivity index (χ3n) is 3.45. The van der Waals surface area contributed by atoms with Crippen LogP contribution in [0.3, 0.4) is 0 Å². The maximum absolute atomic E-state index is 11.8. The number of benzene rings is 1. The second kappa shape index (κ2) is 13.2. The molecule has 0 fully saturated rings. The van der Waals surface area contributed by atoms with E-state index in [-0.39, 0.29) is 25.4 Å². The molecule has 8 nitrogen and oxygen atoms in total. The minimum absolute atomic E-state index is 0.00684. The van der Waals surface area contributed by atoms with Crippen LogP contribution in [0.15, 0.2) is 24.3 Å². The first-order chi connectivity index (χ1) is 12.5. The standard InChI is InChI=1S/C18H27NO7/c19-17(18(22)23)12-14-3-5-16(6-4-14)26-13-15(21)2-1-8-24-10-11-25-9-7-20/h3-6,17,20H,1-2,7-13,19H2,(H,22,23)/t17-/m0/s1. The molecule has 1 rings (SSSR count). The summed E-state index contributed by atoms with van der Waals surface area (Å²) < 4.78 is 15.8. The van der Waals surface area contributed by atoms with Gasteiger partial charge in [-0.15, -0.1) is 0 Å². The molecule has 8 heteroatoms. The molecule has 26 heavy (non-hydrogen) atoms. The third-order valence-corrected chi connectivity index (χ3v) is 3.45. The fourth-order valence-electron chi connectivity index (χ4n) is 2.06. The number of hydrogen-bond acceptors (Lipinski definition) is 7. The Balaban J connectivity index is 2.13. The minimum atomic E-state index is -1.04. The Bertz CT molecular complexity index is 533. The van der Waals surface area contributed by atoms with E-state index in [0.717, 1.165) is 5.56 Å². The summed E-state index contributed by atoms with van der Waals surface area (Å²) in [4.78, 5) is 22.5. The second-order valence-electron chi connectivity index (χ2n) is 5.67. The Kier molecular flexibility index (Phi) is 11.2. The normalized spacial score (nSPS) is 11.9. The van der Waals surface area contributed by atoms with Gasteiger partial charge in [0.05, 0.1) is 26.4 Å². The van der Waals surface area contributed by atoms with Crippen LogP contribution in [-0.2, 0) is 25.5 Å². The SMILES string of the molecule is N[C@@H](Cc1ccc(OCC(=O)CCCOCCOCCO)cc1)C(=O)O. The van der Waals surface area contributed by atoms with Crippen LogP contribution in [0.5, 0.6) is 5.75 Å². The van der Waals surface area contributed by atoms with Crippen LogP contribution in [0.1, 0.15) is 18.4 Å². The van der Waals surface area contributed by atoms with E-state index >= 15 is 0 Å². The predicted molar refractivity (Wildman–Crippen MR) is 94.2 cm³/mol. The van der Waals surface area contributed by atoms with Gasteiger partial charge >= 0.3 is 5.97 Å². The lowest BCUT2D eigenvalue weighted by Gasteiger charge is -2.09. The number of aliphatic hydroxyl groups is 1. The van der Waals surface area contributed by atoms with Crippen LogP contribution in [0, 0.1) is 0 Å². The van der Waals surface area contributed by atoms with Crippen molar-refractivity contribution in [3.63, 3.8) is 0 Å². The summed E-state index contributed by atoms with van der Waals surface area (Å²) in [5.41, 5.74) is 6.27. The predicted octanol–water partition coefficient (Wildman–Crippen LogP) is 0.395. The van der Waals surface area contributed by atoms with Gasteiger partial charge in [0.25, 0.3) is 0 Å². The lowest BCUT2D eigenvalue weighted by molar-refractivity contribution is -0.138. The quantitative estimate of drug-likeness (QED) is 0.379. The first-order valence-corrected chi connectivity index (χ1v) is 8.51. The van der Waals surface area contributed by atoms with Crippen LogP contribution in [0.4, 0.5) is 0 Å². The molecule has 0 unspecified atom stereocenters. The van der Waals surface area contributed by atoms with Crippen molar-refractivity contribution in [3.05, 3.63) is 29.8 Å². The Labute approximate surface area is 152 Å². The zero-order valence-electron chi connectivity index (χ0n) is 14.8. The number of hydrogen-bond donors (Lipinski definition) is 3. The Morgan fingerprint density at radius 2 is 1.69 bits per heavy atom. The van der Waals surface area contributed by atoms with Gasteiger partial charge in [-0.1, -0.05) is 12.1 Å². The average Bonchev–Trinajstić information content (AvgIpc) is 2.63. The van der Waals surface area contributed by atoms with Crippen LogP contribution >= 0.6 is 0 Å². The summed E-state index contributed by atoms with van der Waals surface area (Å²) in [7, 11) is 0. The highest BCUT2D eigenvalue weighted by atomic mass is 16.5. The molecule has 4 N–H and O–H groups in total. The molecule has 0 saturated heterocycles. The summed E-state index contributed by atoms with van der Waals surface area (Å²) in [6, 6.07) is 5.90. The summed E-state index contributed by atoms with van der Waals surface area (Å²) in [6.07, 6.45) is 1.21. The monoisotopic (exact) mass is 369 g/mol. The van der Waals surface area contributed by atoms with E-state index in [0.29, 0.717) is 45.0 Å². The number of ketones is 1. The molecule has 1 atom stereocenters. The topological polar surface area (TPSA) is 128 Å². The molecule has 0 aromatic heterocycles. The maximum atomic E-state index is 11.8. The van der Waals surface area contributed by atoms with Crippen molar-refractivity contribution < 1.29 is 34.0 Å². The molecular formula is C18H27NO7. The highest BCUT2D eigenvalue weighted by Crippen LogP contribution is 2.13. The number of nitrogens with two attached hydrogens (primary N) is 1.